The average molecular weight is 355 g/mol. The number of benzene rings is 2. The molecule has 0 fully saturated rings. The molecule has 2 aromatic carbocycles. The quantitative estimate of drug-likeness (QED) is 0.774. The zero-order valence-corrected chi connectivity index (χ0v) is 13.9. The fourth-order valence-corrected chi connectivity index (χ4v) is 2.68. The van der Waals surface area contributed by atoms with Crippen molar-refractivity contribution in [3.63, 3.8) is 0 Å². The highest BCUT2D eigenvalue weighted by Gasteiger charge is 2.03. The molecule has 0 atom stereocenters. The number of ether oxygens (including phenoxy) is 1. The van der Waals surface area contributed by atoms with Crippen molar-refractivity contribution in [3.05, 3.63) is 57.0 Å². The van der Waals surface area contributed by atoms with Gasteiger partial charge in [-0.15, -0.1) is 0 Å². The van der Waals surface area contributed by atoms with E-state index in [1.165, 1.54) is 5.56 Å². The Morgan fingerprint density at radius 2 is 2.00 bits per heavy atom. The van der Waals surface area contributed by atoms with Gasteiger partial charge in [0.2, 0.25) is 0 Å². The van der Waals surface area contributed by atoms with E-state index in [0.29, 0.717) is 11.6 Å². The molecule has 0 heterocycles. The van der Waals surface area contributed by atoms with E-state index in [0.717, 1.165) is 28.0 Å². The lowest BCUT2D eigenvalue weighted by Gasteiger charge is -2.11. The Morgan fingerprint density at radius 1 is 1.20 bits per heavy atom. The second kappa shape index (κ2) is 7.00. The van der Waals surface area contributed by atoms with Crippen LogP contribution in [0.2, 0.25) is 5.02 Å². The van der Waals surface area contributed by atoms with E-state index in [9.17, 15) is 0 Å². The molecule has 2 nitrogen and oxygen atoms in total. The minimum Gasteiger partial charge on any atom is -0.492 e. The minimum absolute atomic E-state index is 0.620. The smallest absolute Gasteiger partial charge is 0.137 e. The van der Waals surface area contributed by atoms with Gasteiger partial charge >= 0.3 is 0 Å². The first-order valence-electron chi connectivity index (χ1n) is 6.51. The lowest BCUT2D eigenvalue weighted by Crippen LogP contribution is -2.01. The third kappa shape index (κ3) is 3.90. The SMILES string of the molecule is CCOc1ccc(CNc2ccc(Br)cc2C)cc1Cl. The van der Waals surface area contributed by atoms with Crippen molar-refractivity contribution in [2.24, 2.45) is 0 Å². The highest BCUT2D eigenvalue weighted by Crippen LogP contribution is 2.26. The third-order valence-corrected chi connectivity index (χ3v) is 3.76. The predicted molar refractivity (Wildman–Crippen MR) is 88.8 cm³/mol. The van der Waals surface area contributed by atoms with Crippen molar-refractivity contribution in [1.29, 1.82) is 0 Å². The Morgan fingerprint density at radius 3 is 2.65 bits per heavy atom. The number of anilines is 1. The molecular weight excluding hydrogens is 338 g/mol. The maximum Gasteiger partial charge on any atom is 0.137 e. The molecule has 0 bridgehead atoms. The molecular formula is C16H17BrClNO. The molecule has 0 aliphatic heterocycles. The number of nitrogens with one attached hydrogen (secondary N) is 1. The first kappa shape index (κ1) is 15.2. The Bertz CT molecular complexity index is 601. The molecule has 0 amide bonds. The fraction of sp³-hybridized carbons (Fsp3) is 0.250. The van der Waals surface area contributed by atoms with Gasteiger partial charge in [-0.3, -0.25) is 0 Å². The zero-order valence-electron chi connectivity index (χ0n) is 11.5. The molecule has 0 spiro atoms. The number of hydrogen-bond donors (Lipinski definition) is 1. The van der Waals surface area contributed by atoms with Gasteiger partial charge in [-0.05, 0) is 55.3 Å². The van der Waals surface area contributed by atoms with Crippen LogP contribution < -0.4 is 10.1 Å². The molecule has 0 aliphatic carbocycles. The van der Waals surface area contributed by atoms with E-state index in [1.807, 2.05) is 31.2 Å². The summed E-state index contributed by atoms with van der Waals surface area (Å²) >= 11 is 9.65. The monoisotopic (exact) mass is 353 g/mol. The molecule has 0 saturated carbocycles. The van der Waals surface area contributed by atoms with Crippen LogP contribution in [0.25, 0.3) is 0 Å². The Labute approximate surface area is 133 Å². The summed E-state index contributed by atoms with van der Waals surface area (Å²) in [6.07, 6.45) is 0. The van der Waals surface area contributed by atoms with Gasteiger partial charge in [0, 0.05) is 16.7 Å². The van der Waals surface area contributed by atoms with E-state index >= 15 is 0 Å². The van der Waals surface area contributed by atoms with Gasteiger partial charge in [0.15, 0.2) is 0 Å². The van der Waals surface area contributed by atoms with Crippen molar-refractivity contribution in [3.8, 4) is 5.75 Å². The van der Waals surface area contributed by atoms with Crippen LogP contribution in [0.15, 0.2) is 40.9 Å². The highest BCUT2D eigenvalue weighted by molar-refractivity contribution is 9.10. The van der Waals surface area contributed by atoms with Gasteiger partial charge < -0.3 is 10.1 Å². The molecule has 106 valence electrons. The first-order valence-corrected chi connectivity index (χ1v) is 7.68. The molecule has 0 radical (unpaired) electrons. The van der Waals surface area contributed by atoms with Gasteiger partial charge in [-0.1, -0.05) is 33.6 Å². The number of aryl methyl sites for hydroxylation is 1. The van der Waals surface area contributed by atoms with E-state index in [2.05, 4.69) is 40.3 Å². The van der Waals surface area contributed by atoms with Crippen LogP contribution in [-0.2, 0) is 6.54 Å². The Balaban J connectivity index is 2.05. The van der Waals surface area contributed by atoms with Crippen molar-refractivity contribution in [2.45, 2.75) is 20.4 Å². The maximum absolute atomic E-state index is 6.18. The molecule has 1 N–H and O–H groups in total. The summed E-state index contributed by atoms with van der Waals surface area (Å²) in [6, 6.07) is 12.1. The fourth-order valence-electron chi connectivity index (χ4n) is 1.95. The number of halogens is 2. The van der Waals surface area contributed by atoms with E-state index < -0.39 is 0 Å². The Kier molecular flexibility index (Phi) is 5.32. The van der Waals surface area contributed by atoms with Crippen molar-refractivity contribution in [2.75, 3.05) is 11.9 Å². The lowest BCUT2D eigenvalue weighted by molar-refractivity contribution is 0.340. The topological polar surface area (TPSA) is 21.3 Å². The Hall–Kier alpha value is -1.19. The predicted octanol–water partition coefficient (Wildman–Crippen LogP) is 5.42. The molecule has 0 aliphatic rings. The second-order valence-electron chi connectivity index (χ2n) is 4.51. The van der Waals surface area contributed by atoms with Crippen LogP contribution in [-0.4, -0.2) is 6.61 Å². The van der Waals surface area contributed by atoms with Crippen molar-refractivity contribution < 1.29 is 4.74 Å². The molecule has 0 saturated heterocycles. The van der Waals surface area contributed by atoms with Crippen LogP contribution in [0, 0.1) is 6.92 Å². The molecule has 0 unspecified atom stereocenters. The summed E-state index contributed by atoms with van der Waals surface area (Å²) in [5, 5.41) is 4.07. The first-order chi connectivity index (χ1) is 9.60. The normalized spacial score (nSPS) is 10.4. The van der Waals surface area contributed by atoms with Crippen LogP contribution in [0.4, 0.5) is 5.69 Å². The van der Waals surface area contributed by atoms with E-state index in [4.69, 9.17) is 16.3 Å². The van der Waals surface area contributed by atoms with Gasteiger partial charge in [0.05, 0.1) is 11.6 Å². The molecule has 4 heteroatoms. The maximum atomic E-state index is 6.18. The van der Waals surface area contributed by atoms with Crippen LogP contribution in [0.1, 0.15) is 18.1 Å². The van der Waals surface area contributed by atoms with E-state index in [1.54, 1.807) is 0 Å². The zero-order chi connectivity index (χ0) is 14.5. The lowest BCUT2D eigenvalue weighted by atomic mass is 10.1. The summed E-state index contributed by atoms with van der Waals surface area (Å²) in [4.78, 5) is 0. The largest absolute Gasteiger partial charge is 0.492 e. The van der Waals surface area contributed by atoms with Gasteiger partial charge in [0.25, 0.3) is 0 Å². The van der Waals surface area contributed by atoms with Crippen LogP contribution >= 0.6 is 27.5 Å². The molecule has 20 heavy (non-hydrogen) atoms. The standard InChI is InChI=1S/C16H17BrClNO/c1-3-20-16-7-4-12(9-14(16)18)10-19-15-6-5-13(17)8-11(15)2/h4-9,19H,3,10H2,1-2H3. The van der Waals surface area contributed by atoms with E-state index in [-0.39, 0.29) is 0 Å². The molecule has 2 aromatic rings. The summed E-state index contributed by atoms with van der Waals surface area (Å²) in [7, 11) is 0. The number of hydrogen-bond acceptors (Lipinski definition) is 2. The van der Waals surface area contributed by atoms with Gasteiger partial charge in [-0.25, -0.2) is 0 Å². The second-order valence-corrected chi connectivity index (χ2v) is 5.83. The summed E-state index contributed by atoms with van der Waals surface area (Å²) in [5.74, 6) is 0.734. The van der Waals surface area contributed by atoms with Gasteiger partial charge in [0.1, 0.15) is 5.75 Å². The minimum atomic E-state index is 0.620. The van der Waals surface area contributed by atoms with Crippen LogP contribution in [0.3, 0.4) is 0 Å². The van der Waals surface area contributed by atoms with Crippen LogP contribution in [0.5, 0.6) is 5.75 Å². The summed E-state index contributed by atoms with van der Waals surface area (Å²) in [6.45, 7) is 5.38. The summed E-state index contributed by atoms with van der Waals surface area (Å²) < 4.78 is 6.52. The molecule has 2 rings (SSSR count). The van der Waals surface area contributed by atoms with Crippen molar-refractivity contribution in [1.82, 2.24) is 0 Å². The highest BCUT2D eigenvalue weighted by atomic mass is 79.9. The van der Waals surface area contributed by atoms with Gasteiger partial charge in [-0.2, -0.15) is 0 Å². The average Bonchev–Trinajstić information content (AvgIpc) is 2.41. The van der Waals surface area contributed by atoms with Crippen molar-refractivity contribution >= 4 is 33.2 Å². The third-order valence-electron chi connectivity index (χ3n) is 2.97. The summed E-state index contributed by atoms with van der Waals surface area (Å²) in [5.41, 5.74) is 3.45. The molecule has 0 aromatic heterocycles. The number of rotatable bonds is 5.